The fraction of sp³-hybridized carbons (Fsp3) is 0.611. The standard InChI is InChI=1S/C18H25NO2/c20-18(9-8-17-7-4-12-21-17)19-11-10-16(14-19)13-15-5-2-1-3-6-15/h1-3,5-6,16-17H,4,7-14H2. The van der Waals surface area contributed by atoms with Crippen molar-refractivity contribution < 1.29 is 9.53 Å². The molecule has 0 bridgehead atoms. The summed E-state index contributed by atoms with van der Waals surface area (Å²) in [5, 5.41) is 0. The lowest BCUT2D eigenvalue weighted by molar-refractivity contribution is -0.130. The third kappa shape index (κ3) is 4.07. The van der Waals surface area contributed by atoms with Crippen LogP contribution in [0.4, 0.5) is 0 Å². The highest BCUT2D eigenvalue weighted by Crippen LogP contribution is 2.23. The number of likely N-dealkylation sites (tertiary alicyclic amines) is 1. The minimum absolute atomic E-state index is 0.320. The van der Waals surface area contributed by atoms with Crippen molar-refractivity contribution in [2.75, 3.05) is 19.7 Å². The fourth-order valence-corrected chi connectivity index (χ4v) is 3.49. The summed E-state index contributed by atoms with van der Waals surface area (Å²) in [5.74, 6) is 0.945. The lowest BCUT2D eigenvalue weighted by Gasteiger charge is -2.18. The molecule has 1 aromatic rings. The smallest absolute Gasteiger partial charge is 0.222 e. The predicted molar refractivity (Wildman–Crippen MR) is 83.0 cm³/mol. The van der Waals surface area contributed by atoms with E-state index in [9.17, 15) is 4.79 Å². The summed E-state index contributed by atoms with van der Waals surface area (Å²) in [6, 6.07) is 10.6. The SMILES string of the molecule is O=C(CCC1CCCO1)N1CCC(Cc2ccccc2)C1. The van der Waals surface area contributed by atoms with Gasteiger partial charge >= 0.3 is 0 Å². The normalized spacial score (nSPS) is 25.4. The van der Waals surface area contributed by atoms with E-state index in [0.29, 0.717) is 24.3 Å². The molecule has 1 aromatic carbocycles. The van der Waals surface area contributed by atoms with Crippen LogP contribution in [-0.2, 0) is 16.0 Å². The Labute approximate surface area is 127 Å². The molecule has 0 aliphatic carbocycles. The average Bonchev–Trinajstić information content (AvgIpc) is 3.17. The van der Waals surface area contributed by atoms with Gasteiger partial charge in [-0.2, -0.15) is 0 Å². The van der Waals surface area contributed by atoms with Crippen molar-refractivity contribution in [3.8, 4) is 0 Å². The van der Waals surface area contributed by atoms with Gasteiger partial charge in [0.2, 0.25) is 5.91 Å². The summed E-state index contributed by atoms with van der Waals surface area (Å²) in [6.45, 7) is 2.74. The van der Waals surface area contributed by atoms with Crippen LogP contribution in [0.2, 0.25) is 0 Å². The van der Waals surface area contributed by atoms with Crippen LogP contribution < -0.4 is 0 Å². The summed E-state index contributed by atoms with van der Waals surface area (Å²) in [5.41, 5.74) is 1.39. The second-order valence-electron chi connectivity index (χ2n) is 6.36. The molecule has 3 nitrogen and oxygen atoms in total. The summed E-state index contributed by atoms with van der Waals surface area (Å²) < 4.78 is 5.60. The number of rotatable bonds is 5. The molecular weight excluding hydrogens is 262 g/mol. The molecule has 3 heteroatoms. The van der Waals surface area contributed by atoms with Crippen LogP contribution in [-0.4, -0.2) is 36.6 Å². The number of ether oxygens (including phenoxy) is 1. The Morgan fingerprint density at radius 2 is 2.10 bits per heavy atom. The molecule has 1 amide bonds. The van der Waals surface area contributed by atoms with Crippen molar-refractivity contribution in [1.82, 2.24) is 4.90 Å². The highest BCUT2D eigenvalue weighted by molar-refractivity contribution is 5.76. The van der Waals surface area contributed by atoms with Crippen molar-refractivity contribution in [3.63, 3.8) is 0 Å². The summed E-state index contributed by atoms with van der Waals surface area (Å²) in [6.07, 6.45) is 6.40. The molecule has 3 rings (SSSR count). The lowest BCUT2D eigenvalue weighted by Crippen LogP contribution is -2.29. The zero-order valence-corrected chi connectivity index (χ0v) is 12.7. The number of carbonyl (C=O) groups is 1. The monoisotopic (exact) mass is 287 g/mol. The molecule has 114 valence electrons. The van der Waals surface area contributed by atoms with E-state index in [1.165, 1.54) is 5.56 Å². The molecule has 2 heterocycles. The Balaban J connectivity index is 1.42. The molecule has 21 heavy (non-hydrogen) atoms. The summed E-state index contributed by atoms with van der Waals surface area (Å²) >= 11 is 0. The van der Waals surface area contributed by atoms with Gasteiger partial charge in [-0.05, 0) is 43.6 Å². The van der Waals surface area contributed by atoms with E-state index in [1.54, 1.807) is 0 Å². The van der Waals surface area contributed by atoms with Crippen molar-refractivity contribution in [2.45, 2.75) is 44.6 Å². The van der Waals surface area contributed by atoms with Gasteiger partial charge in [-0.1, -0.05) is 30.3 Å². The highest BCUT2D eigenvalue weighted by Gasteiger charge is 2.27. The third-order valence-corrected chi connectivity index (χ3v) is 4.71. The zero-order chi connectivity index (χ0) is 14.5. The molecule has 2 aliphatic rings. The second-order valence-corrected chi connectivity index (χ2v) is 6.36. The largest absolute Gasteiger partial charge is 0.378 e. The van der Waals surface area contributed by atoms with Crippen molar-refractivity contribution >= 4 is 5.91 Å². The van der Waals surface area contributed by atoms with Gasteiger partial charge < -0.3 is 9.64 Å². The maximum absolute atomic E-state index is 12.3. The second kappa shape index (κ2) is 7.08. The number of hydrogen-bond acceptors (Lipinski definition) is 2. The maximum atomic E-state index is 12.3. The number of carbonyl (C=O) groups excluding carboxylic acids is 1. The van der Waals surface area contributed by atoms with Crippen molar-refractivity contribution in [2.24, 2.45) is 5.92 Å². The van der Waals surface area contributed by atoms with E-state index < -0.39 is 0 Å². The van der Waals surface area contributed by atoms with Gasteiger partial charge in [-0.3, -0.25) is 4.79 Å². The fourth-order valence-electron chi connectivity index (χ4n) is 3.49. The molecule has 0 aromatic heterocycles. The summed E-state index contributed by atoms with van der Waals surface area (Å²) in [7, 11) is 0. The maximum Gasteiger partial charge on any atom is 0.222 e. The zero-order valence-electron chi connectivity index (χ0n) is 12.7. The van der Waals surface area contributed by atoms with E-state index in [1.807, 2.05) is 0 Å². The Morgan fingerprint density at radius 3 is 2.86 bits per heavy atom. The predicted octanol–water partition coefficient (Wildman–Crippen LogP) is 3.04. The van der Waals surface area contributed by atoms with Crippen LogP contribution >= 0.6 is 0 Å². The minimum atomic E-state index is 0.320. The highest BCUT2D eigenvalue weighted by atomic mass is 16.5. The first-order valence-electron chi connectivity index (χ1n) is 8.24. The van der Waals surface area contributed by atoms with Crippen LogP contribution in [0.3, 0.4) is 0 Å². The van der Waals surface area contributed by atoms with E-state index in [-0.39, 0.29) is 0 Å². The molecule has 2 unspecified atom stereocenters. The first kappa shape index (κ1) is 14.6. The molecule has 0 saturated carbocycles. The van der Waals surface area contributed by atoms with E-state index in [2.05, 4.69) is 35.2 Å². The Morgan fingerprint density at radius 1 is 1.24 bits per heavy atom. The van der Waals surface area contributed by atoms with Crippen molar-refractivity contribution in [3.05, 3.63) is 35.9 Å². The van der Waals surface area contributed by atoms with Crippen molar-refractivity contribution in [1.29, 1.82) is 0 Å². The molecule has 0 radical (unpaired) electrons. The van der Waals surface area contributed by atoms with Crippen LogP contribution in [0.5, 0.6) is 0 Å². The summed E-state index contributed by atoms with van der Waals surface area (Å²) in [4.78, 5) is 14.3. The van der Waals surface area contributed by atoms with Gasteiger partial charge in [0.05, 0.1) is 6.10 Å². The van der Waals surface area contributed by atoms with Gasteiger partial charge in [0, 0.05) is 26.1 Å². The Hall–Kier alpha value is -1.35. The van der Waals surface area contributed by atoms with Crippen LogP contribution in [0.15, 0.2) is 30.3 Å². The minimum Gasteiger partial charge on any atom is -0.378 e. The number of benzene rings is 1. The molecular formula is C18H25NO2. The van der Waals surface area contributed by atoms with Gasteiger partial charge in [0.25, 0.3) is 0 Å². The van der Waals surface area contributed by atoms with Gasteiger partial charge in [0.15, 0.2) is 0 Å². The first-order chi connectivity index (χ1) is 10.3. The molecule has 2 saturated heterocycles. The van der Waals surface area contributed by atoms with E-state index >= 15 is 0 Å². The lowest BCUT2D eigenvalue weighted by atomic mass is 9.99. The number of amides is 1. The Bertz CT molecular complexity index is 454. The molecule has 2 aliphatic heterocycles. The van der Waals surface area contributed by atoms with Gasteiger partial charge in [-0.25, -0.2) is 0 Å². The molecule has 0 spiro atoms. The topological polar surface area (TPSA) is 29.5 Å². The quantitative estimate of drug-likeness (QED) is 0.833. The van der Waals surface area contributed by atoms with E-state index in [0.717, 1.165) is 51.8 Å². The third-order valence-electron chi connectivity index (χ3n) is 4.71. The Kier molecular flexibility index (Phi) is 4.91. The van der Waals surface area contributed by atoms with Crippen LogP contribution in [0.25, 0.3) is 0 Å². The van der Waals surface area contributed by atoms with Gasteiger partial charge in [0.1, 0.15) is 0 Å². The molecule has 2 atom stereocenters. The number of nitrogens with zero attached hydrogens (tertiary/aromatic N) is 1. The van der Waals surface area contributed by atoms with Gasteiger partial charge in [-0.15, -0.1) is 0 Å². The number of hydrogen-bond donors (Lipinski definition) is 0. The first-order valence-corrected chi connectivity index (χ1v) is 8.24. The van der Waals surface area contributed by atoms with Crippen LogP contribution in [0, 0.1) is 5.92 Å². The molecule has 0 N–H and O–H groups in total. The molecule has 2 fully saturated rings. The van der Waals surface area contributed by atoms with E-state index in [4.69, 9.17) is 4.74 Å². The van der Waals surface area contributed by atoms with Crippen LogP contribution in [0.1, 0.15) is 37.7 Å². The average molecular weight is 287 g/mol.